The van der Waals surface area contributed by atoms with Gasteiger partial charge < -0.3 is 5.32 Å². The fraction of sp³-hybridized carbons (Fsp3) is 0.471. The van der Waals surface area contributed by atoms with Crippen LogP contribution in [0.15, 0.2) is 32.6 Å². The molecular weight excluding hydrogens is 390 g/mol. The lowest BCUT2D eigenvalue weighted by atomic mass is 10.2. The van der Waals surface area contributed by atoms with Gasteiger partial charge in [0.25, 0.3) is 5.56 Å². The lowest BCUT2D eigenvalue weighted by Crippen LogP contribution is -2.32. The summed E-state index contributed by atoms with van der Waals surface area (Å²) < 4.78 is 2.52. The van der Waals surface area contributed by atoms with Gasteiger partial charge in [0.05, 0.1) is 16.7 Å². The van der Waals surface area contributed by atoms with Crippen molar-refractivity contribution in [1.29, 1.82) is 0 Å². The first-order valence-corrected chi connectivity index (χ1v) is 9.68. The minimum absolute atomic E-state index is 0.0590. The lowest BCUT2D eigenvalue weighted by molar-refractivity contribution is -0.119. The first kappa shape index (κ1) is 19.0. The van der Waals surface area contributed by atoms with Crippen LogP contribution in [0.5, 0.6) is 0 Å². The predicted octanol–water partition coefficient (Wildman–Crippen LogP) is 3.43. The van der Waals surface area contributed by atoms with Gasteiger partial charge in [0.2, 0.25) is 5.91 Å². The summed E-state index contributed by atoms with van der Waals surface area (Å²) in [6.07, 6.45) is 0. The standard InChI is InChI=1S/C17H22BrN3O2S/c1-10(2)8-21-16(23)13-7-12(18)5-6-14(13)20-17(21)24-9-15(22)19-11(3)4/h5-7,10-11H,8-9H2,1-4H3,(H,19,22). The first-order valence-electron chi connectivity index (χ1n) is 7.90. The third-order valence-electron chi connectivity index (χ3n) is 3.21. The molecule has 2 rings (SSSR count). The quantitative estimate of drug-likeness (QED) is 0.583. The number of nitrogens with one attached hydrogen (secondary N) is 1. The minimum Gasteiger partial charge on any atom is -0.353 e. The summed E-state index contributed by atoms with van der Waals surface area (Å²) in [5.41, 5.74) is 0.580. The number of carbonyl (C=O) groups is 1. The average Bonchev–Trinajstić information content (AvgIpc) is 2.48. The molecule has 1 heterocycles. The van der Waals surface area contributed by atoms with Gasteiger partial charge in [-0.2, -0.15) is 0 Å². The number of thioether (sulfide) groups is 1. The van der Waals surface area contributed by atoms with Gasteiger partial charge >= 0.3 is 0 Å². The molecule has 130 valence electrons. The zero-order valence-electron chi connectivity index (χ0n) is 14.3. The molecule has 24 heavy (non-hydrogen) atoms. The highest BCUT2D eigenvalue weighted by molar-refractivity contribution is 9.10. The number of benzene rings is 1. The van der Waals surface area contributed by atoms with E-state index in [2.05, 4.69) is 40.1 Å². The average molecular weight is 412 g/mol. The minimum atomic E-state index is -0.0678. The van der Waals surface area contributed by atoms with Gasteiger partial charge in [-0.15, -0.1) is 0 Å². The number of nitrogens with zero attached hydrogens (tertiary/aromatic N) is 2. The Morgan fingerprint density at radius 1 is 1.33 bits per heavy atom. The summed E-state index contributed by atoms with van der Waals surface area (Å²) in [5.74, 6) is 0.485. The number of hydrogen-bond acceptors (Lipinski definition) is 4. The molecule has 0 unspecified atom stereocenters. The van der Waals surface area contributed by atoms with Crippen LogP contribution < -0.4 is 10.9 Å². The van der Waals surface area contributed by atoms with Crippen LogP contribution in [0.25, 0.3) is 10.9 Å². The van der Waals surface area contributed by atoms with Gasteiger partial charge in [-0.1, -0.05) is 41.5 Å². The van der Waals surface area contributed by atoms with E-state index in [0.29, 0.717) is 28.5 Å². The van der Waals surface area contributed by atoms with E-state index in [9.17, 15) is 9.59 Å². The lowest BCUT2D eigenvalue weighted by Gasteiger charge is -2.15. The number of hydrogen-bond donors (Lipinski definition) is 1. The maximum Gasteiger partial charge on any atom is 0.262 e. The molecule has 0 aliphatic carbocycles. The van der Waals surface area contributed by atoms with Crippen molar-refractivity contribution >= 4 is 44.5 Å². The topological polar surface area (TPSA) is 64.0 Å². The summed E-state index contributed by atoms with van der Waals surface area (Å²) >= 11 is 4.70. The molecule has 7 heteroatoms. The molecule has 0 aliphatic heterocycles. The normalized spacial score (nSPS) is 11.5. The van der Waals surface area contributed by atoms with Crippen molar-refractivity contribution in [3.8, 4) is 0 Å². The maximum absolute atomic E-state index is 12.8. The Bertz CT molecular complexity index is 802. The summed E-state index contributed by atoms with van der Waals surface area (Å²) in [6.45, 7) is 8.52. The second-order valence-electron chi connectivity index (χ2n) is 6.38. The van der Waals surface area contributed by atoms with E-state index in [-0.39, 0.29) is 23.3 Å². The SMILES string of the molecule is CC(C)Cn1c(SCC(=O)NC(C)C)nc2ccc(Br)cc2c1=O. The molecular formula is C17H22BrN3O2S. The monoisotopic (exact) mass is 411 g/mol. The molecule has 0 fully saturated rings. The van der Waals surface area contributed by atoms with Crippen LogP contribution in [0.2, 0.25) is 0 Å². The van der Waals surface area contributed by atoms with Gasteiger partial charge in [0.1, 0.15) is 0 Å². The second-order valence-corrected chi connectivity index (χ2v) is 8.23. The summed E-state index contributed by atoms with van der Waals surface area (Å²) in [6, 6.07) is 5.57. The molecule has 0 saturated carbocycles. The van der Waals surface area contributed by atoms with Crippen molar-refractivity contribution in [2.24, 2.45) is 5.92 Å². The van der Waals surface area contributed by atoms with E-state index >= 15 is 0 Å². The van der Waals surface area contributed by atoms with E-state index < -0.39 is 0 Å². The Kier molecular flexibility index (Phi) is 6.46. The third-order valence-corrected chi connectivity index (χ3v) is 4.68. The van der Waals surface area contributed by atoms with Crippen LogP contribution in [0.3, 0.4) is 0 Å². The molecule has 0 saturated heterocycles. The molecule has 0 aliphatic rings. The molecule has 0 atom stereocenters. The molecule has 1 amide bonds. The highest BCUT2D eigenvalue weighted by Crippen LogP contribution is 2.21. The Balaban J connectivity index is 2.41. The van der Waals surface area contributed by atoms with Gasteiger partial charge in [0, 0.05) is 17.1 Å². The largest absolute Gasteiger partial charge is 0.353 e. The van der Waals surface area contributed by atoms with Gasteiger partial charge in [-0.3, -0.25) is 14.2 Å². The van der Waals surface area contributed by atoms with Crippen molar-refractivity contribution in [3.05, 3.63) is 33.0 Å². The highest BCUT2D eigenvalue weighted by atomic mass is 79.9. The van der Waals surface area contributed by atoms with Crippen LogP contribution >= 0.6 is 27.7 Å². The summed E-state index contributed by atoms with van der Waals surface area (Å²) in [4.78, 5) is 29.4. The highest BCUT2D eigenvalue weighted by Gasteiger charge is 2.14. The molecule has 5 nitrogen and oxygen atoms in total. The molecule has 0 spiro atoms. The van der Waals surface area contributed by atoms with Crippen LogP contribution in [0, 0.1) is 5.92 Å². The van der Waals surface area contributed by atoms with Gasteiger partial charge in [0.15, 0.2) is 5.16 Å². The zero-order chi connectivity index (χ0) is 17.9. The maximum atomic E-state index is 12.8. The summed E-state index contributed by atoms with van der Waals surface area (Å²) in [7, 11) is 0. The molecule has 0 bridgehead atoms. The Morgan fingerprint density at radius 2 is 2.04 bits per heavy atom. The summed E-state index contributed by atoms with van der Waals surface area (Å²) in [5, 5.41) is 4.02. The van der Waals surface area contributed by atoms with Crippen LogP contribution in [-0.4, -0.2) is 27.3 Å². The number of amides is 1. The van der Waals surface area contributed by atoms with Crippen LogP contribution in [0.4, 0.5) is 0 Å². The van der Waals surface area contributed by atoms with E-state index in [1.807, 2.05) is 26.0 Å². The number of aromatic nitrogens is 2. The molecule has 1 aromatic carbocycles. The van der Waals surface area contributed by atoms with Crippen molar-refractivity contribution in [2.45, 2.75) is 45.4 Å². The van der Waals surface area contributed by atoms with Crippen molar-refractivity contribution in [3.63, 3.8) is 0 Å². The number of halogens is 1. The van der Waals surface area contributed by atoms with E-state index in [1.165, 1.54) is 11.8 Å². The molecule has 1 N–H and O–H groups in total. The smallest absolute Gasteiger partial charge is 0.262 e. The van der Waals surface area contributed by atoms with Gasteiger partial charge in [-0.25, -0.2) is 4.98 Å². The molecule has 1 aromatic heterocycles. The van der Waals surface area contributed by atoms with Crippen molar-refractivity contribution < 1.29 is 4.79 Å². The van der Waals surface area contributed by atoms with E-state index in [4.69, 9.17) is 0 Å². The second kappa shape index (κ2) is 8.16. The van der Waals surface area contributed by atoms with E-state index in [0.717, 1.165) is 4.47 Å². The fourth-order valence-electron chi connectivity index (χ4n) is 2.30. The Morgan fingerprint density at radius 3 is 2.67 bits per heavy atom. The fourth-order valence-corrected chi connectivity index (χ4v) is 3.48. The Labute approximate surface area is 154 Å². The van der Waals surface area contributed by atoms with Gasteiger partial charge in [-0.05, 0) is 38.0 Å². The third kappa shape index (κ3) is 4.83. The number of fused-ring (bicyclic) bond motifs is 1. The molecule has 2 aromatic rings. The van der Waals surface area contributed by atoms with Crippen LogP contribution in [-0.2, 0) is 11.3 Å². The van der Waals surface area contributed by atoms with Crippen molar-refractivity contribution in [2.75, 3.05) is 5.75 Å². The first-order chi connectivity index (χ1) is 11.3. The van der Waals surface area contributed by atoms with Crippen molar-refractivity contribution in [1.82, 2.24) is 14.9 Å². The zero-order valence-corrected chi connectivity index (χ0v) is 16.7. The Hall–Kier alpha value is -1.34. The van der Waals surface area contributed by atoms with E-state index in [1.54, 1.807) is 10.6 Å². The van der Waals surface area contributed by atoms with Crippen LogP contribution in [0.1, 0.15) is 27.7 Å². The predicted molar refractivity (Wildman–Crippen MR) is 103 cm³/mol. The number of carbonyl (C=O) groups excluding carboxylic acids is 1. The number of rotatable bonds is 6. The molecule has 0 radical (unpaired) electrons.